The van der Waals surface area contributed by atoms with Crippen LogP contribution in [0.1, 0.15) is 17.1 Å². The van der Waals surface area contributed by atoms with Gasteiger partial charge >= 0.3 is 0 Å². The molecular formula is C10H18N2O2S. The van der Waals surface area contributed by atoms with Crippen molar-refractivity contribution in [3.05, 3.63) is 16.1 Å². The predicted molar refractivity (Wildman–Crippen MR) is 60.9 cm³/mol. The van der Waals surface area contributed by atoms with E-state index in [2.05, 4.69) is 9.88 Å². The minimum Gasteiger partial charge on any atom is -0.396 e. The van der Waals surface area contributed by atoms with Gasteiger partial charge in [0.1, 0.15) is 0 Å². The van der Waals surface area contributed by atoms with Gasteiger partial charge in [-0.05, 0) is 13.3 Å². The van der Waals surface area contributed by atoms with Crippen LogP contribution in [0.25, 0.3) is 0 Å². The molecule has 0 fully saturated rings. The van der Waals surface area contributed by atoms with E-state index in [1.807, 2.05) is 12.3 Å². The van der Waals surface area contributed by atoms with E-state index in [1.165, 1.54) is 0 Å². The standard InChI is InChI=1S/C10H18N2O2S/c1-9-11-10(8-15-9)7-12(4-6-14)3-2-5-13/h8,13-14H,2-7H2,1H3. The summed E-state index contributed by atoms with van der Waals surface area (Å²) in [4.78, 5) is 6.48. The quantitative estimate of drug-likeness (QED) is 0.721. The van der Waals surface area contributed by atoms with Crippen LogP contribution in [0.15, 0.2) is 5.38 Å². The molecule has 4 nitrogen and oxygen atoms in total. The number of hydrogen-bond donors (Lipinski definition) is 2. The van der Waals surface area contributed by atoms with Gasteiger partial charge in [0.25, 0.3) is 0 Å². The van der Waals surface area contributed by atoms with Crippen LogP contribution in [0.5, 0.6) is 0 Å². The molecular weight excluding hydrogens is 212 g/mol. The van der Waals surface area contributed by atoms with E-state index < -0.39 is 0 Å². The van der Waals surface area contributed by atoms with E-state index in [0.717, 1.165) is 30.2 Å². The fourth-order valence-corrected chi connectivity index (χ4v) is 2.02. The van der Waals surface area contributed by atoms with Crippen molar-refractivity contribution in [3.8, 4) is 0 Å². The van der Waals surface area contributed by atoms with E-state index in [-0.39, 0.29) is 13.2 Å². The number of aryl methyl sites for hydroxylation is 1. The van der Waals surface area contributed by atoms with Crippen molar-refractivity contribution < 1.29 is 10.2 Å². The Morgan fingerprint density at radius 3 is 2.67 bits per heavy atom. The highest BCUT2D eigenvalue weighted by Crippen LogP contribution is 2.10. The molecule has 1 aromatic heterocycles. The summed E-state index contributed by atoms with van der Waals surface area (Å²) >= 11 is 1.64. The van der Waals surface area contributed by atoms with Gasteiger partial charge in [0.2, 0.25) is 0 Å². The molecule has 0 aliphatic heterocycles. The van der Waals surface area contributed by atoms with Crippen molar-refractivity contribution in [2.45, 2.75) is 19.9 Å². The van der Waals surface area contributed by atoms with Crippen LogP contribution in [0.3, 0.4) is 0 Å². The minimum atomic E-state index is 0.147. The Morgan fingerprint density at radius 1 is 1.33 bits per heavy atom. The summed E-state index contributed by atoms with van der Waals surface area (Å²) in [5, 5.41) is 20.8. The molecule has 0 unspecified atom stereocenters. The van der Waals surface area contributed by atoms with Crippen molar-refractivity contribution in [3.63, 3.8) is 0 Å². The zero-order valence-electron chi connectivity index (χ0n) is 9.02. The first-order valence-electron chi connectivity index (χ1n) is 5.11. The number of nitrogens with zero attached hydrogens (tertiary/aromatic N) is 2. The third-order valence-corrected chi connectivity index (χ3v) is 2.92. The molecule has 1 aromatic rings. The summed E-state index contributed by atoms with van der Waals surface area (Å²) in [6.45, 7) is 4.51. The number of aliphatic hydroxyl groups is 2. The fraction of sp³-hybridized carbons (Fsp3) is 0.700. The molecule has 0 bridgehead atoms. The molecule has 0 atom stereocenters. The van der Waals surface area contributed by atoms with Gasteiger partial charge in [-0.15, -0.1) is 11.3 Å². The number of hydrogen-bond acceptors (Lipinski definition) is 5. The van der Waals surface area contributed by atoms with Crippen LogP contribution < -0.4 is 0 Å². The summed E-state index contributed by atoms with van der Waals surface area (Å²) < 4.78 is 0. The van der Waals surface area contributed by atoms with E-state index >= 15 is 0 Å². The second-order valence-electron chi connectivity index (χ2n) is 3.43. The fourth-order valence-electron chi connectivity index (χ4n) is 1.42. The highest BCUT2D eigenvalue weighted by atomic mass is 32.1. The van der Waals surface area contributed by atoms with Gasteiger partial charge in [0.15, 0.2) is 0 Å². The number of rotatable bonds is 7. The molecule has 0 saturated heterocycles. The Morgan fingerprint density at radius 2 is 2.13 bits per heavy atom. The summed E-state index contributed by atoms with van der Waals surface area (Å²) in [6, 6.07) is 0. The lowest BCUT2D eigenvalue weighted by Gasteiger charge is -2.19. The van der Waals surface area contributed by atoms with Crippen molar-refractivity contribution in [1.29, 1.82) is 0 Å². The molecule has 1 rings (SSSR count). The lowest BCUT2D eigenvalue weighted by molar-refractivity contribution is 0.173. The topological polar surface area (TPSA) is 56.6 Å². The van der Waals surface area contributed by atoms with Crippen LogP contribution in [0.2, 0.25) is 0 Å². The maximum absolute atomic E-state index is 8.90. The van der Waals surface area contributed by atoms with Gasteiger partial charge in [-0.3, -0.25) is 4.90 Å². The molecule has 0 amide bonds. The van der Waals surface area contributed by atoms with Crippen LogP contribution in [0.4, 0.5) is 0 Å². The SMILES string of the molecule is Cc1nc(CN(CCO)CCCO)cs1. The van der Waals surface area contributed by atoms with Crippen LogP contribution in [0, 0.1) is 6.92 Å². The van der Waals surface area contributed by atoms with Crippen molar-refractivity contribution in [2.24, 2.45) is 0 Å². The Bertz CT molecular complexity index is 278. The monoisotopic (exact) mass is 230 g/mol. The zero-order valence-corrected chi connectivity index (χ0v) is 9.83. The third-order valence-electron chi connectivity index (χ3n) is 2.10. The molecule has 1 heterocycles. The van der Waals surface area contributed by atoms with E-state index in [4.69, 9.17) is 10.2 Å². The highest BCUT2D eigenvalue weighted by Gasteiger charge is 2.07. The molecule has 0 radical (unpaired) electrons. The first kappa shape index (κ1) is 12.6. The summed E-state index contributed by atoms with van der Waals surface area (Å²) in [5.41, 5.74) is 1.05. The van der Waals surface area contributed by atoms with E-state index in [1.54, 1.807) is 11.3 Å². The Hall–Kier alpha value is -0.490. The minimum absolute atomic E-state index is 0.147. The average molecular weight is 230 g/mol. The van der Waals surface area contributed by atoms with E-state index in [9.17, 15) is 0 Å². The van der Waals surface area contributed by atoms with Crippen molar-refractivity contribution in [1.82, 2.24) is 9.88 Å². The van der Waals surface area contributed by atoms with Gasteiger partial charge in [0, 0.05) is 31.6 Å². The normalized spacial score (nSPS) is 11.2. The lowest BCUT2D eigenvalue weighted by atomic mass is 10.3. The Balaban J connectivity index is 2.42. The number of aromatic nitrogens is 1. The van der Waals surface area contributed by atoms with Crippen LogP contribution >= 0.6 is 11.3 Å². The van der Waals surface area contributed by atoms with Gasteiger partial charge in [-0.25, -0.2) is 4.98 Å². The van der Waals surface area contributed by atoms with Crippen molar-refractivity contribution in [2.75, 3.05) is 26.3 Å². The molecule has 2 N–H and O–H groups in total. The van der Waals surface area contributed by atoms with Gasteiger partial charge in [0.05, 0.1) is 17.3 Å². The third kappa shape index (κ3) is 4.70. The first-order valence-corrected chi connectivity index (χ1v) is 5.99. The Kier molecular flexibility index (Phi) is 5.78. The summed E-state index contributed by atoms with van der Waals surface area (Å²) in [6.07, 6.45) is 0.739. The van der Waals surface area contributed by atoms with E-state index in [0.29, 0.717) is 6.54 Å². The van der Waals surface area contributed by atoms with Gasteiger partial charge < -0.3 is 10.2 Å². The molecule has 5 heteroatoms. The average Bonchev–Trinajstić information content (AvgIpc) is 2.61. The predicted octanol–water partition coefficient (Wildman–Crippen LogP) is 0.628. The second kappa shape index (κ2) is 6.90. The number of aliphatic hydroxyl groups excluding tert-OH is 2. The van der Waals surface area contributed by atoms with Gasteiger partial charge in [-0.2, -0.15) is 0 Å². The maximum Gasteiger partial charge on any atom is 0.0897 e. The molecule has 0 aromatic carbocycles. The van der Waals surface area contributed by atoms with Crippen LogP contribution in [-0.4, -0.2) is 46.4 Å². The largest absolute Gasteiger partial charge is 0.396 e. The van der Waals surface area contributed by atoms with Crippen molar-refractivity contribution >= 4 is 11.3 Å². The molecule has 0 aliphatic carbocycles. The molecule has 0 spiro atoms. The molecule has 15 heavy (non-hydrogen) atoms. The molecule has 0 aliphatic rings. The smallest absolute Gasteiger partial charge is 0.0897 e. The summed E-state index contributed by atoms with van der Waals surface area (Å²) in [7, 11) is 0. The zero-order chi connectivity index (χ0) is 11.1. The second-order valence-corrected chi connectivity index (χ2v) is 4.50. The molecule has 86 valence electrons. The first-order chi connectivity index (χ1) is 7.26. The lowest BCUT2D eigenvalue weighted by Crippen LogP contribution is -2.28. The highest BCUT2D eigenvalue weighted by molar-refractivity contribution is 7.09. The molecule has 0 saturated carbocycles. The Labute approximate surface area is 94.2 Å². The maximum atomic E-state index is 8.90. The van der Waals surface area contributed by atoms with Crippen LogP contribution in [-0.2, 0) is 6.54 Å². The van der Waals surface area contributed by atoms with Gasteiger partial charge in [-0.1, -0.05) is 0 Å². The summed E-state index contributed by atoms with van der Waals surface area (Å²) in [5.74, 6) is 0. The number of thiazole rings is 1.